The van der Waals surface area contributed by atoms with Gasteiger partial charge in [-0.05, 0) is 12.2 Å². The van der Waals surface area contributed by atoms with Crippen LogP contribution in [0.4, 0.5) is 0 Å². The molecule has 0 heterocycles. The van der Waals surface area contributed by atoms with Crippen LogP contribution in [0.3, 0.4) is 0 Å². The molecule has 0 radical (unpaired) electrons. The lowest BCUT2D eigenvalue weighted by Gasteiger charge is -2.04. The van der Waals surface area contributed by atoms with Crippen LogP contribution in [-0.2, 0) is 0 Å². The fourth-order valence-corrected chi connectivity index (χ4v) is 1.30. The molecule has 0 rings (SSSR count). The van der Waals surface area contributed by atoms with Gasteiger partial charge in [-0.2, -0.15) is 11.8 Å². The van der Waals surface area contributed by atoms with Crippen LogP contribution in [0.2, 0.25) is 0 Å². The van der Waals surface area contributed by atoms with E-state index < -0.39 is 0 Å². The Hall–Kier alpha value is 0.270. The lowest BCUT2D eigenvalue weighted by atomic mass is 10.4. The van der Waals surface area contributed by atoms with Gasteiger partial charge in [-0.3, -0.25) is 0 Å². The molecular weight excluding hydrogens is 134 g/mol. The van der Waals surface area contributed by atoms with Crippen molar-refractivity contribution in [3.8, 4) is 0 Å². The van der Waals surface area contributed by atoms with E-state index in [4.69, 9.17) is 10.8 Å². The minimum atomic E-state index is -0.304. The fourth-order valence-electron chi connectivity index (χ4n) is 0.432. The number of aliphatic hydroxyl groups is 1. The summed E-state index contributed by atoms with van der Waals surface area (Å²) in [5.41, 5.74) is 5.19. The van der Waals surface area contributed by atoms with Crippen molar-refractivity contribution in [2.75, 3.05) is 18.1 Å². The Bertz CT molecular complexity index is 61.0. The molecule has 0 aromatic rings. The Morgan fingerprint density at radius 2 is 2.33 bits per heavy atom. The van der Waals surface area contributed by atoms with Crippen LogP contribution in [0.5, 0.6) is 0 Å². The molecule has 3 heteroatoms. The van der Waals surface area contributed by atoms with Crippen molar-refractivity contribution in [2.45, 2.75) is 19.4 Å². The van der Waals surface area contributed by atoms with Gasteiger partial charge in [-0.25, -0.2) is 0 Å². The van der Waals surface area contributed by atoms with Crippen molar-refractivity contribution in [1.82, 2.24) is 0 Å². The van der Waals surface area contributed by atoms with E-state index in [9.17, 15) is 0 Å². The van der Waals surface area contributed by atoms with Gasteiger partial charge in [0.05, 0.1) is 6.10 Å². The predicted octanol–water partition coefficient (Wildman–Crippen LogP) is 0.449. The van der Waals surface area contributed by atoms with Crippen molar-refractivity contribution < 1.29 is 5.11 Å². The topological polar surface area (TPSA) is 46.2 Å². The summed E-state index contributed by atoms with van der Waals surface area (Å²) in [6.45, 7) is 2.51. The summed E-state index contributed by atoms with van der Waals surface area (Å²) in [6.07, 6.45) is 0.864. The highest BCUT2D eigenvalue weighted by molar-refractivity contribution is 7.99. The molecule has 9 heavy (non-hydrogen) atoms. The van der Waals surface area contributed by atoms with Crippen LogP contribution in [0.1, 0.15) is 13.3 Å². The number of thioether (sulfide) groups is 1. The van der Waals surface area contributed by atoms with Gasteiger partial charge < -0.3 is 10.8 Å². The zero-order valence-corrected chi connectivity index (χ0v) is 6.66. The molecule has 0 aliphatic heterocycles. The Labute approximate surface area is 60.8 Å². The van der Waals surface area contributed by atoms with Gasteiger partial charge >= 0.3 is 0 Å². The molecule has 0 aromatic heterocycles. The molecule has 0 unspecified atom stereocenters. The van der Waals surface area contributed by atoms with Gasteiger partial charge in [-0.1, -0.05) is 6.92 Å². The molecule has 0 aromatic carbocycles. The first kappa shape index (κ1) is 9.27. The van der Waals surface area contributed by atoms with Gasteiger partial charge in [0.25, 0.3) is 0 Å². The zero-order valence-electron chi connectivity index (χ0n) is 5.84. The minimum absolute atomic E-state index is 0.304. The summed E-state index contributed by atoms with van der Waals surface area (Å²) in [5, 5.41) is 8.94. The molecule has 3 N–H and O–H groups in total. The van der Waals surface area contributed by atoms with Gasteiger partial charge in [-0.15, -0.1) is 0 Å². The third-order valence-electron chi connectivity index (χ3n) is 0.931. The number of rotatable bonds is 5. The van der Waals surface area contributed by atoms with Gasteiger partial charge in [0.15, 0.2) is 0 Å². The summed E-state index contributed by atoms with van der Waals surface area (Å²) in [4.78, 5) is 0. The lowest BCUT2D eigenvalue weighted by molar-refractivity contribution is 0.208. The fraction of sp³-hybridized carbons (Fsp3) is 1.00. The van der Waals surface area contributed by atoms with E-state index in [1.807, 2.05) is 0 Å². The first-order chi connectivity index (χ1) is 4.31. The van der Waals surface area contributed by atoms with E-state index in [1.165, 1.54) is 6.42 Å². The molecule has 0 spiro atoms. The number of hydrogen-bond donors (Lipinski definition) is 2. The van der Waals surface area contributed by atoms with E-state index in [0.29, 0.717) is 6.54 Å². The Morgan fingerprint density at radius 1 is 1.67 bits per heavy atom. The molecule has 0 fully saturated rings. The van der Waals surface area contributed by atoms with Crippen molar-refractivity contribution >= 4 is 11.8 Å². The predicted molar refractivity (Wildman–Crippen MR) is 42.7 cm³/mol. The van der Waals surface area contributed by atoms with E-state index in [2.05, 4.69) is 6.92 Å². The maximum atomic E-state index is 8.94. The van der Waals surface area contributed by atoms with Crippen LogP contribution in [-0.4, -0.2) is 29.3 Å². The number of hydrogen-bond acceptors (Lipinski definition) is 3. The number of aliphatic hydroxyl groups excluding tert-OH is 1. The first-order valence-electron chi connectivity index (χ1n) is 3.27. The smallest absolute Gasteiger partial charge is 0.0752 e. The second kappa shape index (κ2) is 6.39. The van der Waals surface area contributed by atoms with Crippen LogP contribution in [0, 0.1) is 0 Å². The SMILES string of the molecule is CCCSC[C@H](O)CN. The van der Waals surface area contributed by atoms with Crippen LogP contribution in [0.25, 0.3) is 0 Å². The summed E-state index contributed by atoms with van der Waals surface area (Å²) in [6, 6.07) is 0. The van der Waals surface area contributed by atoms with Crippen molar-refractivity contribution in [3.63, 3.8) is 0 Å². The van der Waals surface area contributed by atoms with E-state index in [0.717, 1.165) is 11.5 Å². The third-order valence-corrected chi connectivity index (χ3v) is 2.25. The highest BCUT2D eigenvalue weighted by Crippen LogP contribution is 2.02. The third kappa shape index (κ3) is 6.15. The maximum absolute atomic E-state index is 8.94. The molecule has 0 bridgehead atoms. The molecule has 0 aliphatic rings. The maximum Gasteiger partial charge on any atom is 0.0752 e. The Morgan fingerprint density at radius 3 is 2.78 bits per heavy atom. The normalized spacial score (nSPS) is 13.7. The van der Waals surface area contributed by atoms with Gasteiger partial charge in [0, 0.05) is 12.3 Å². The average molecular weight is 149 g/mol. The average Bonchev–Trinajstić information content (AvgIpc) is 1.89. The quantitative estimate of drug-likeness (QED) is 0.558. The number of nitrogens with two attached hydrogens (primary N) is 1. The largest absolute Gasteiger partial charge is 0.391 e. The zero-order chi connectivity index (χ0) is 7.11. The second-order valence-corrected chi connectivity index (χ2v) is 3.11. The lowest BCUT2D eigenvalue weighted by Crippen LogP contribution is -2.22. The molecule has 0 amide bonds. The minimum Gasteiger partial charge on any atom is -0.391 e. The van der Waals surface area contributed by atoms with Crippen LogP contribution >= 0.6 is 11.8 Å². The van der Waals surface area contributed by atoms with Crippen LogP contribution < -0.4 is 5.73 Å². The highest BCUT2D eigenvalue weighted by atomic mass is 32.2. The van der Waals surface area contributed by atoms with Gasteiger partial charge in [0.1, 0.15) is 0 Å². The summed E-state index contributed by atoms with van der Waals surface area (Å²) in [7, 11) is 0. The Kier molecular flexibility index (Phi) is 6.58. The van der Waals surface area contributed by atoms with E-state index >= 15 is 0 Å². The first-order valence-corrected chi connectivity index (χ1v) is 4.42. The molecular formula is C6H15NOS. The molecule has 56 valence electrons. The standard InChI is InChI=1S/C6H15NOS/c1-2-3-9-5-6(8)4-7/h6,8H,2-5,7H2,1H3/t6-/m1/s1. The molecule has 1 atom stereocenters. The van der Waals surface area contributed by atoms with Crippen LogP contribution in [0.15, 0.2) is 0 Å². The highest BCUT2D eigenvalue weighted by Gasteiger charge is 1.98. The monoisotopic (exact) mass is 149 g/mol. The summed E-state index contributed by atoms with van der Waals surface area (Å²) >= 11 is 1.76. The Balaban J connectivity index is 2.88. The molecule has 2 nitrogen and oxygen atoms in total. The summed E-state index contributed by atoms with van der Waals surface area (Å²) in [5.74, 6) is 1.90. The summed E-state index contributed by atoms with van der Waals surface area (Å²) < 4.78 is 0. The molecule has 0 saturated heterocycles. The van der Waals surface area contributed by atoms with Crippen molar-refractivity contribution in [2.24, 2.45) is 5.73 Å². The van der Waals surface area contributed by atoms with Gasteiger partial charge in [0.2, 0.25) is 0 Å². The second-order valence-electron chi connectivity index (χ2n) is 1.96. The van der Waals surface area contributed by atoms with Crippen molar-refractivity contribution in [3.05, 3.63) is 0 Å². The molecule has 0 saturated carbocycles. The van der Waals surface area contributed by atoms with Crippen molar-refractivity contribution in [1.29, 1.82) is 0 Å². The van der Waals surface area contributed by atoms with E-state index in [1.54, 1.807) is 11.8 Å². The molecule has 0 aliphatic carbocycles. The van der Waals surface area contributed by atoms with E-state index in [-0.39, 0.29) is 6.10 Å².